The van der Waals surface area contributed by atoms with E-state index in [0.29, 0.717) is 0 Å². The Hall–Kier alpha value is -0.450. The lowest BCUT2D eigenvalue weighted by Crippen LogP contribution is -2.41. The predicted molar refractivity (Wildman–Crippen MR) is 78.7 cm³/mol. The molecule has 2 unspecified atom stereocenters. The Kier molecular flexibility index (Phi) is 4.04. The van der Waals surface area contributed by atoms with Gasteiger partial charge in [-0.3, -0.25) is 4.79 Å². The zero-order valence-corrected chi connectivity index (χ0v) is 13.5. The van der Waals surface area contributed by atoms with Crippen LogP contribution < -0.4 is 0 Å². The third-order valence-corrected chi connectivity index (χ3v) is 4.86. The average Bonchev–Trinajstić information content (AvgIpc) is 2.41. The highest BCUT2D eigenvalue weighted by Crippen LogP contribution is 2.39. The Balaban J connectivity index is 2.04. The quantitative estimate of drug-likeness (QED) is 0.842. The second-order valence-corrected chi connectivity index (χ2v) is 7.78. The van der Waals surface area contributed by atoms with Crippen molar-refractivity contribution >= 4 is 5.78 Å². The molecule has 2 saturated heterocycles. The van der Waals surface area contributed by atoms with Crippen LogP contribution in [0.3, 0.4) is 0 Å². The summed E-state index contributed by atoms with van der Waals surface area (Å²) in [6, 6.07) is 0. The third kappa shape index (κ3) is 3.23. The highest BCUT2D eigenvalue weighted by Gasteiger charge is 2.53. The van der Waals surface area contributed by atoms with Crippen LogP contribution in [0, 0.1) is 5.92 Å². The lowest BCUT2D eigenvalue weighted by Gasteiger charge is -2.30. The summed E-state index contributed by atoms with van der Waals surface area (Å²) in [5.41, 5.74) is -1.64. The summed E-state index contributed by atoms with van der Waals surface area (Å²) in [4.78, 5) is 14.8. The minimum absolute atomic E-state index is 0.0828. The average molecular weight is 283 g/mol. The van der Waals surface area contributed by atoms with E-state index < -0.39 is 16.8 Å². The number of likely N-dealkylation sites (tertiary alicyclic amines) is 1. The third-order valence-electron chi connectivity index (χ3n) is 4.86. The molecule has 4 nitrogen and oxygen atoms in total. The Morgan fingerprint density at radius 3 is 2.40 bits per heavy atom. The van der Waals surface area contributed by atoms with Crippen molar-refractivity contribution < 1.29 is 14.6 Å². The van der Waals surface area contributed by atoms with Crippen LogP contribution in [-0.2, 0) is 9.53 Å². The number of Topliss-reactive ketones (excluding diaryl/α,β-unsaturated/α-hetero) is 1. The van der Waals surface area contributed by atoms with E-state index in [1.54, 1.807) is 0 Å². The van der Waals surface area contributed by atoms with E-state index >= 15 is 0 Å². The van der Waals surface area contributed by atoms with Crippen LogP contribution in [0.1, 0.15) is 53.9 Å². The number of carbonyl (C=O) groups excluding carboxylic acids is 1. The summed E-state index contributed by atoms with van der Waals surface area (Å²) in [5.74, 6) is 0.124. The minimum Gasteiger partial charge on any atom is -0.390 e. The van der Waals surface area contributed by atoms with Gasteiger partial charge in [-0.15, -0.1) is 0 Å². The van der Waals surface area contributed by atoms with Crippen molar-refractivity contribution in [2.45, 2.75) is 70.7 Å². The minimum atomic E-state index is -0.675. The molecule has 0 amide bonds. The van der Waals surface area contributed by atoms with E-state index in [1.165, 1.54) is 0 Å². The second-order valence-electron chi connectivity index (χ2n) is 7.78. The van der Waals surface area contributed by atoms with Crippen molar-refractivity contribution in [3.8, 4) is 0 Å². The van der Waals surface area contributed by atoms with Crippen molar-refractivity contribution in [1.82, 2.24) is 4.90 Å². The molecule has 2 aliphatic heterocycles. The number of ether oxygens (including phenoxy) is 1. The molecular weight excluding hydrogens is 254 g/mol. The SMILES string of the molecule is CC1(O)CCCN(CC2C(=O)C(C)(C)OC2(C)C)CC1. The first-order valence-electron chi connectivity index (χ1n) is 7.73. The molecule has 2 rings (SSSR count). The maximum atomic E-state index is 12.5. The van der Waals surface area contributed by atoms with Crippen LogP contribution in [0.25, 0.3) is 0 Å². The fourth-order valence-corrected chi connectivity index (χ4v) is 3.58. The lowest BCUT2D eigenvalue weighted by molar-refractivity contribution is -0.132. The highest BCUT2D eigenvalue weighted by atomic mass is 16.5. The van der Waals surface area contributed by atoms with Crippen molar-refractivity contribution in [3.63, 3.8) is 0 Å². The van der Waals surface area contributed by atoms with Crippen LogP contribution in [0.15, 0.2) is 0 Å². The van der Waals surface area contributed by atoms with Gasteiger partial charge in [-0.25, -0.2) is 0 Å². The smallest absolute Gasteiger partial charge is 0.171 e. The molecule has 0 bridgehead atoms. The zero-order chi connectivity index (χ0) is 15.2. The van der Waals surface area contributed by atoms with Crippen molar-refractivity contribution in [2.75, 3.05) is 19.6 Å². The molecule has 1 N–H and O–H groups in total. The largest absolute Gasteiger partial charge is 0.390 e. The van der Waals surface area contributed by atoms with E-state index in [2.05, 4.69) is 4.90 Å². The lowest BCUT2D eigenvalue weighted by atomic mass is 9.85. The van der Waals surface area contributed by atoms with Crippen LogP contribution in [0.4, 0.5) is 0 Å². The Labute approximate surface area is 122 Å². The van der Waals surface area contributed by atoms with Crippen molar-refractivity contribution in [3.05, 3.63) is 0 Å². The van der Waals surface area contributed by atoms with Crippen molar-refractivity contribution in [2.24, 2.45) is 5.92 Å². The van der Waals surface area contributed by atoms with Gasteiger partial charge in [-0.05, 0) is 60.4 Å². The van der Waals surface area contributed by atoms with Gasteiger partial charge < -0.3 is 14.7 Å². The molecule has 2 fully saturated rings. The van der Waals surface area contributed by atoms with Crippen LogP contribution >= 0.6 is 0 Å². The molecule has 20 heavy (non-hydrogen) atoms. The number of hydrogen-bond donors (Lipinski definition) is 1. The van der Waals surface area contributed by atoms with Gasteiger partial charge in [0.15, 0.2) is 5.78 Å². The molecule has 116 valence electrons. The first kappa shape index (κ1) is 15.9. The van der Waals surface area contributed by atoms with Gasteiger partial charge in [0.2, 0.25) is 0 Å². The van der Waals surface area contributed by atoms with Gasteiger partial charge in [0.25, 0.3) is 0 Å². The monoisotopic (exact) mass is 283 g/mol. The Bertz CT molecular complexity index is 387. The second kappa shape index (κ2) is 5.08. The summed E-state index contributed by atoms with van der Waals surface area (Å²) < 4.78 is 5.95. The number of carbonyl (C=O) groups is 1. The molecule has 0 spiro atoms. The number of rotatable bonds is 2. The number of nitrogens with zero attached hydrogens (tertiary/aromatic N) is 1. The van der Waals surface area contributed by atoms with E-state index in [-0.39, 0.29) is 11.7 Å². The summed E-state index contributed by atoms with van der Waals surface area (Å²) in [6.07, 6.45) is 2.60. The van der Waals surface area contributed by atoms with E-state index in [4.69, 9.17) is 4.74 Å². The summed E-state index contributed by atoms with van der Waals surface area (Å²) in [7, 11) is 0. The van der Waals surface area contributed by atoms with Crippen LogP contribution in [0.5, 0.6) is 0 Å². The fourth-order valence-electron chi connectivity index (χ4n) is 3.58. The highest BCUT2D eigenvalue weighted by molar-refractivity contribution is 5.91. The fraction of sp³-hybridized carbons (Fsp3) is 0.938. The maximum absolute atomic E-state index is 12.5. The van der Waals surface area contributed by atoms with Gasteiger partial charge in [0.1, 0.15) is 5.60 Å². The van der Waals surface area contributed by atoms with Gasteiger partial charge in [0.05, 0.1) is 17.1 Å². The molecule has 0 aromatic carbocycles. The molecule has 0 saturated carbocycles. The van der Waals surface area contributed by atoms with E-state index in [9.17, 15) is 9.90 Å². The Morgan fingerprint density at radius 1 is 1.20 bits per heavy atom. The summed E-state index contributed by atoms with van der Waals surface area (Å²) in [6.45, 7) is 12.2. The molecule has 0 aromatic heterocycles. The van der Waals surface area contributed by atoms with E-state index in [1.807, 2.05) is 34.6 Å². The maximum Gasteiger partial charge on any atom is 0.171 e. The van der Waals surface area contributed by atoms with Crippen molar-refractivity contribution in [1.29, 1.82) is 0 Å². The van der Waals surface area contributed by atoms with Crippen LogP contribution in [-0.4, -0.2) is 52.2 Å². The summed E-state index contributed by atoms with van der Waals surface area (Å²) in [5, 5.41) is 10.2. The predicted octanol–water partition coefficient (Wildman–Crippen LogP) is 2.00. The Morgan fingerprint density at radius 2 is 1.85 bits per heavy atom. The molecular formula is C16H29NO3. The van der Waals surface area contributed by atoms with Crippen LogP contribution in [0.2, 0.25) is 0 Å². The van der Waals surface area contributed by atoms with Gasteiger partial charge >= 0.3 is 0 Å². The molecule has 0 aromatic rings. The molecule has 0 aliphatic carbocycles. The molecule has 0 radical (unpaired) electrons. The molecule has 2 heterocycles. The molecule has 2 atom stereocenters. The van der Waals surface area contributed by atoms with E-state index in [0.717, 1.165) is 38.9 Å². The van der Waals surface area contributed by atoms with Gasteiger partial charge in [-0.2, -0.15) is 0 Å². The van der Waals surface area contributed by atoms with Gasteiger partial charge in [-0.1, -0.05) is 0 Å². The number of ketones is 1. The first-order valence-corrected chi connectivity index (χ1v) is 7.73. The summed E-state index contributed by atoms with van der Waals surface area (Å²) >= 11 is 0. The zero-order valence-electron chi connectivity index (χ0n) is 13.5. The van der Waals surface area contributed by atoms with Gasteiger partial charge in [0, 0.05) is 13.1 Å². The first-order chi connectivity index (χ1) is 9.04. The standard InChI is InChI=1S/C16H29NO3/c1-14(2)12(13(18)15(3,4)20-14)11-17-9-6-7-16(5,19)8-10-17/h12,19H,6-11H2,1-5H3. The number of hydrogen-bond acceptors (Lipinski definition) is 4. The molecule has 4 heteroatoms. The number of aliphatic hydroxyl groups is 1. The normalized spacial score (nSPS) is 37.9. The molecule has 2 aliphatic rings. The topological polar surface area (TPSA) is 49.8 Å².